The van der Waals surface area contributed by atoms with E-state index in [2.05, 4.69) is 17.2 Å². The van der Waals surface area contributed by atoms with Crippen molar-refractivity contribution in [3.05, 3.63) is 4.69 Å². The van der Waals surface area contributed by atoms with Gasteiger partial charge in [-0.2, -0.15) is 0 Å². The Bertz CT molecular complexity index is 162. The highest BCUT2D eigenvalue weighted by Gasteiger charge is 2.12. The minimum atomic E-state index is 1.45. The van der Waals surface area contributed by atoms with Crippen LogP contribution in [0.15, 0.2) is 13.1 Å². The highest BCUT2D eigenvalue weighted by atomic mass is 32.2. The molecule has 0 radical (unpaired) electrons. The maximum Gasteiger partial charge on any atom is 0.244 e. The first-order valence-electron chi connectivity index (χ1n) is 2.35. The lowest BCUT2D eigenvalue weighted by Crippen LogP contribution is -1.59. The van der Waals surface area contributed by atoms with Gasteiger partial charge in [0.15, 0.2) is 0 Å². The van der Waals surface area contributed by atoms with Crippen molar-refractivity contribution in [3.63, 3.8) is 0 Å². The fourth-order valence-electron chi connectivity index (χ4n) is 0.471. The lowest BCUT2D eigenvalue weighted by Gasteiger charge is -1.81. The molecular weight excluding hydrogens is 188 g/mol. The van der Waals surface area contributed by atoms with Crippen LogP contribution in [-0.4, -0.2) is 12.5 Å². The second-order valence-electron chi connectivity index (χ2n) is 1.32. The van der Waals surface area contributed by atoms with Crippen molar-refractivity contribution < 1.29 is 0 Å². The van der Waals surface area contributed by atoms with E-state index in [-0.39, 0.29) is 0 Å². The van der Waals surface area contributed by atoms with Gasteiger partial charge in [0.05, 0.1) is 22.7 Å². The van der Waals surface area contributed by atoms with Gasteiger partial charge < -0.3 is 0 Å². The Morgan fingerprint density at radius 2 is 2.22 bits per heavy atom. The minimum Gasteiger partial charge on any atom is -0.0908 e. The summed E-state index contributed by atoms with van der Waals surface area (Å²) >= 11 is 7.34. The van der Waals surface area contributed by atoms with Crippen LogP contribution in [0.2, 0.25) is 0 Å². The summed E-state index contributed by atoms with van der Waals surface area (Å²) in [6.07, 6.45) is 4.25. The largest absolute Gasteiger partial charge is 0.244 e. The van der Waals surface area contributed by atoms with E-state index in [0.717, 1.165) is 0 Å². The molecule has 0 amide bonds. The van der Waals surface area contributed by atoms with Crippen LogP contribution in [0.4, 0.5) is 0 Å². The van der Waals surface area contributed by atoms with Crippen molar-refractivity contribution >= 4 is 46.2 Å². The van der Waals surface area contributed by atoms with Crippen LogP contribution in [0.1, 0.15) is 0 Å². The van der Waals surface area contributed by atoms with Crippen LogP contribution >= 0.6 is 46.2 Å². The third-order valence-electron chi connectivity index (χ3n) is 0.848. The third kappa shape index (κ3) is 1.83. The van der Waals surface area contributed by atoms with E-state index in [4.69, 9.17) is 0 Å². The fraction of sp³-hybridized carbons (Fsp3) is 0.400. The first kappa shape index (κ1) is 7.85. The number of hydrogen-bond acceptors (Lipinski definition) is 3. The van der Waals surface area contributed by atoms with Gasteiger partial charge in [0.2, 0.25) is 13.1 Å². The molecule has 0 unspecified atom stereocenters. The van der Waals surface area contributed by atoms with Crippen LogP contribution in [0, 0.1) is 0 Å². The average Bonchev–Trinajstić information content (AvgIpc) is 2.33. The average molecular weight is 195 g/mol. The highest BCUT2D eigenvalue weighted by molar-refractivity contribution is 8.04. The molecule has 0 aromatic carbocycles. The summed E-state index contributed by atoms with van der Waals surface area (Å²) in [6, 6.07) is 0. The van der Waals surface area contributed by atoms with Gasteiger partial charge in [0, 0.05) is 0 Å². The Morgan fingerprint density at radius 1 is 1.44 bits per heavy atom. The second kappa shape index (κ2) is 3.81. The lowest BCUT2D eigenvalue weighted by molar-refractivity contribution is 1.54. The van der Waals surface area contributed by atoms with E-state index in [1.54, 1.807) is 0 Å². The molecule has 0 fully saturated rings. The zero-order valence-electron chi connectivity index (χ0n) is 5.21. The molecule has 0 bridgehead atoms. The van der Waals surface area contributed by atoms with Crippen LogP contribution < -0.4 is 0 Å². The Balaban J connectivity index is 2.85. The molecular formula is C5H7S4+. The lowest BCUT2D eigenvalue weighted by atomic mass is 11.1. The van der Waals surface area contributed by atoms with Crippen molar-refractivity contribution in [1.82, 2.24) is 0 Å². The molecule has 9 heavy (non-hydrogen) atoms. The molecule has 0 nitrogen and oxygen atoms in total. The molecule has 0 spiro atoms. The summed E-state index contributed by atoms with van der Waals surface area (Å²) in [5.74, 6) is 0. The predicted octanol–water partition coefficient (Wildman–Crippen LogP) is 3.53. The molecule has 1 aromatic heterocycles. The van der Waals surface area contributed by atoms with E-state index in [9.17, 15) is 0 Å². The van der Waals surface area contributed by atoms with Gasteiger partial charge in [0.1, 0.15) is 0 Å². The Kier molecular flexibility index (Phi) is 3.32. The zero-order chi connectivity index (χ0) is 6.69. The Morgan fingerprint density at radius 3 is 2.67 bits per heavy atom. The molecule has 0 atom stereocenters. The number of hydrogen-bond donors (Lipinski definition) is 0. The molecule has 1 heterocycles. The van der Waals surface area contributed by atoms with Crippen molar-refractivity contribution in [3.8, 4) is 0 Å². The van der Waals surface area contributed by atoms with E-state index < -0.39 is 0 Å². The summed E-state index contributed by atoms with van der Waals surface area (Å²) in [4.78, 5) is 0. The quantitative estimate of drug-likeness (QED) is 0.523. The topological polar surface area (TPSA) is 0 Å². The van der Waals surface area contributed by atoms with Crippen molar-refractivity contribution in [2.45, 2.75) is 8.42 Å². The summed E-state index contributed by atoms with van der Waals surface area (Å²) in [5.41, 5.74) is 0. The Hall–Kier alpha value is 0.750. The molecule has 0 N–H and O–H groups in total. The maximum atomic E-state index is 2.18. The second-order valence-corrected chi connectivity index (χ2v) is 5.52. The number of rotatable bonds is 2. The van der Waals surface area contributed by atoms with Crippen LogP contribution in [0.25, 0.3) is 0 Å². The predicted molar refractivity (Wildman–Crippen MR) is 50.2 cm³/mol. The van der Waals surface area contributed by atoms with Crippen LogP contribution in [-0.2, 0) is 0 Å². The summed E-state index contributed by atoms with van der Waals surface area (Å²) in [5, 5.41) is 0. The molecule has 0 saturated carbocycles. The minimum absolute atomic E-state index is 1.45. The van der Waals surface area contributed by atoms with Crippen LogP contribution in [0.3, 0.4) is 0 Å². The molecule has 0 aliphatic rings. The van der Waals surface area contributed by atoms with Gasteiger partial charge in [-0.05, 0) is 12.5 Å². The fourth-order valence-corrected chi connectivity index (χ4v) is 4.94. The standard InChI is InChI=1S/C5H7S4/c1-6-4-5(7-2)9-3-8-4/h3H,1-2H3/q+1. The zero-order valence-corrected chi connectivity index (χ0v) is 8.48. The first-order valence-corrected chi connectivity index (χ1v) is 6.56. The van der Waals surface area contributed by atoms with Gasteiger partial charge in [-0.25, -0.2) is 0 Å². The van der Waals surface area contributed by atoms with E-state index in [1.165, 1.54) is 8.42 Å². The van der Waals surface area contributed by atoms with Gasteiger partial charge in [0.25, 0.3) is 0 Å². The van der Waals surface area contributed by atoms with Gasteiger partial charge >= 0.3 is 0 Å². The molecule has 4 heteroatoms. The molecule has 1 aromatic rings. The molecule has 0 saturated heterocycles. The normalized spacial score (nSPS) is 10.0. The van der Waals surface area contributed by atoms with Crippen LogP contribution in [0.5, 0.6) is 0 Å². The summed E-state index contributed by atoms with van der Waals surface area (Å²) < 4.78 is 5.08. The van der Waals surface area contributed by atoms with Gasteiger partial charge in [-0.1, -0.05) is 23.5 Å². The number of thioether (sulfide) groups is 2. The molecule has 50 valence electrons. The van der Waals surface area contributed by atoms with Gasteiger partial charge in [-0.3, -0.25) is 0 Å². The Labute approximate surface area is 71.7 Å². The van der Waals surface area contributed by atoms with E-state index >= 15 is 0 Å². The summed E-state index contributed by atoms with van der Waals surface area (Å²) in [6.45, 7) is 0. The third-order valence-corrected chi connectivity index (χ3v) is 5.70. The van der Waals surface area contributed by atoms with Crippen molar-refractivity contribution in [2.75, 3.05) is 12.5 Å². The van der Waals surface area contributed by atoms with Crippen molar-refractivity contribution in [2.24, 2.45) is 0 Å². The molecule has 0 aliphatic heterocycles. The molecule has 1 rings (SSSR count). The van der Waals surface area contributed by atoms with Crippen molar-refractivity contribution in [1.29, 1.82) is 0 Å². The van der Waals surface area contributed by atoms with E-state index in [0.29, 0.717) is 0 Å². The highest BCUT2D eigenvalue weighted by Crippen LogP contribution is 2.36. The first-order chi connectivity index (χ1) is 4.38. The maximum absolute atomic E-state index is 2.18. The monoisotopic (exact) mass is 195 g/mol. The summed E-state index contributed by atoms with van der Waals surface area (Å²) in [7, 11) is 0. The SMILES string of the molecule is CSc1sc[s+]c1SC. The smallest absolute Gasteiger partial charge is 0.0908 e. The molecule has 0 aliphatic carbocycles. The van der Waals surface area contributed by atoms with E-state index in [1.807, 2.05) is 46.2 Å². The van der Waals surface area contributed by atoms with Gasteiger partial charge in [-0.15, -0.1) is 0 Å².